The molecule has 4 unspecified atom stereocenters. The molecule has 0 aromatic heterocycles. The Bertz CT molecular complexity index is 345. The van der Waals surface area contributed by atoms with E-state index in [9.17, 15) is 9.59 Å². The van der Waals surface area contributed by atoms with E-state index in [0.717, 1.165) is 0 Å². The molecule has 15 heavy (non-hydrogen) atoms. The van der Waals surface area contributed by atoms with Gasteiger partial charge in [-0.2, -0.15) is 0 Å². The van der Waals surface area contributed by atoms with Crippen LogP contribution in [0.15, 0.2) is 0 Å². The smallest absolute Gasteiger partial charge is 0.211 e. The van der Waals surface area contributed by atoms with Crippen LogP contribution in [-0.2, 0) is 14.3 Å². The predicted molar refractivity (Wildman–Crippen MR) is 55.4 cm³/mol. The molecule has 3 heteroatoms. The number of rotatable bonds is 1. The van der Waals surface area contributed by atoms with E-state index in [1.807, 2.05) is 6.92 Å². The zero-order chi connectivity index (χ0) is 11.6. The summed E-state index contributed by atoms with van der Waals surface area (Å²) >= 11 is 0. The van der Waals surface area contributed by atoms with Crippen LogP contribution < -0.4 is 0 Å². The van der Waals surface area contributed by atoms with E-state index in [1.54, 1.807) is 0 Å². The Morgan fingerprint density at radius 1 is 1.33 bits per heavy atom. The molecule has 1 saturated heterocycles. The molecule has 1 aliphatic carbocycles. The number of epoxide rings is 1. The molecule has 1 aliphatic heterocycles. The summed E-state index contributed by atoms with van der Waals surface area (Å²) in [6, 6.07) is 0. The second-order valence-corrected chi connectivity index (χ2v) is 5.55. The van der Waals surface area contributed by atoms with Crippen molar-refractivity contribution in [1.29, 1.82) is 0 Å². The molecule has 0 aromatic rings. The highest BCUT2D eigenvalue weighted by molar-refractivity contribution is 6.14. The molecule has 3 nitrogen and oxygen atoms in total. The third kappa shape index (κ3) is 1.05. The van der Waals surface area contributed by atoms with Gasteiger partial charge in [-0.3, -0.25) is 9.59 Å². The quantitative estimate of drug-likeness (QED) is 0.488. The van der Waals surface area contributed by atoms with Gasteiger partial charge in [0.15, 0.2) is 11.6 Å². The van der Waals surface area contributed by atoms with Crippen LogP contribution in [0.3, 0.4) is 0 Å². The third-order valence-electron chi connectivity index (χ3n) is 4.52. The van der Waals surface area contributed by atoms with Crippen molar-refractivity contribution in [3.05, 3.63) is 0 Å². The second-order valence-electron chi connectivity index (χ2n) is 5.55. The lowest BCUT2D eigenvalue weighted by Crippen LogP contribution is -2.52. The minimum absolute atomic E-state index is 0.0215. The third-order valence-corrected chi connectivity index (χ3v) is 4.52. The molecular formula is C12H18O3. The van der Waals surface area contributed by atoms with Gasteiger partial charge in [0.2, 0.25) is 5.60 Å². The predicted octanol–water partition coefficient (Wildman–Crippen LogP) is 1.59. The van der Waals surface area contributed by atoms with Gasteiger partial charge >= 0.3 is 0 Å². The first-order valence-corrected chi connectivity index (χ1v) is 5.49. The Kier molecular flexibility index (Phi) is 1.94. The number of fused-ring (bicyclic) bond motifs is 1. The van der Waals surface area contributed by atoms with Crippen LogP contribution in [0.25, 0.3) is 0 Å². The van der Waals surface area contributed by atoms with E-state index in [4.69, 9.17) is 4.74 Å². The van der Waals surface area contributed by atoms with Gasteiger partial charge in [-0.1, -0.05) is 27.7 Å². The number of hydrogen-bond donors (Lipinski definition) is 0. The largest absolute Gasteiger partial charge is 0.349 e. The maximum Gasteiger partial charge on any atom is 0.211 e. The van der Waals surface area contributed by atoms with Gasteiger partial charge < -0.3 is 4.74 Å². The standard InChI is InChI=1S/C12H18O3/c1-6-7(2)11(4,5)10-12(15-10,8(3)13)9(6)14/h6-7,10H,1-5H3. The highest BCUT2D eigenvalue weighted by atomic mass is 16.6. The average molecular weight is 210 g/mol. The molecule has 4 atom stereocenters. The zero-order valence-electron chi connectivity index (χ0n) is 9.96. The summed E-state index contributed by atoms with van der Waals surface area (Å²) in [7, 11) is 0. The lowest BCUT2D eigenvalue weighted by atomic mass is 9.60. The Balaban J connectivity index is 2.44. The van der Waals surface area contributed by atoms with Gasteiger partial charge in [0.25, 0.3) is 0 Å². The Labute approximate surface area is 90.2 Å². The van der Waals surface area contributed by atoms with Crippen LogP contribution in [0.4, 0.5) is 0 Å². The summed E-state index contributed by atoms with van der Waals surface area (Å²) in [5, 5.41) is 0. The van der Waals surface area contributed by atoms with E-state index in [1.165, 1.54) is 6.92 Å². The van der Waals surface area contributed by atoms with Crippen LogP contribution in [-0.4, -0.2) is 23.3 Å². The first-order chi connectivity index (χ1) is 6.76. The van der Waals surface area contributed by atoms with Gasteiger partial charge in [-0.15, -0.1) is 0 Å². The second kappa shape index (κ2) is 2.70. The molecule has 1 heterocycles. The van der Waals surface area contributed by atoms with Gasteiger partial charge in [0.05, 0.1) is 0 Å². The summed E-state index contributed by atoms with van der Waals surface area (Å²) < 4.78 is 5.50. The van der Waals surface area contributed by atoms with Crippen molar-refractivity contribution in [2.75, 3.05) is 0 Å². The minimum Gasteiger partial charge on any atom is -0.349 e. The van der Waals surface area contributed by atoms with Crippen LogP contribution in [0.5, 0.6) is 0 Å². The molecule has 0 aromatic carbocycles. The molecule has 0 bridgehead atoms. The summed E-state index contributed by atoms with van der Waals surface area (Å²) in [5.41, 5.74) is -1.19. The van der Waals surface area contributed by atoms with Crippen LogP contribution in [0.1, 0.15) is 34.6 Å². The molecule has 0 N–H and O–H groups in total. The normalized spacial score (nSPS) is 47.3. The van der Waals surface area contributed by atoms with E-state index in [-0.39, 0.29) is 34.9 Å². The zero-order valence-corrected chi connectivity index (χ0v) is 9.96. The fourth-order valence-electron chi connectivity index (χ4n) is 2.90. The molecule has 0 radical (unpaired) electrons. The molecule has 84 valence electrons. The van der Waals surface area contributed by atoms with Gasteiger partial charge in [0.1, 0.15) is 6.10 Å². The molecule has 2 fully saturated rings. The van der Waals surface area contributed by atoms with Gasteiger partial charge in [-0.05, 0) is 18.3 Å². The molecule has 0 spiro atoms. The number of ketones is 2. The van der Waals surface area contributed by atoms with E-state index < -0.39 is 5.60 Å². The summed E-state index contributed by atoms with van der Waals surface area (Å²) in [6.07, 6.45) is -0.207. The highest BCUT2D eigenvalue weighted by Gasteiger charge is 2.75. The lowest BCUT2D eigenvalue weighted by Gasteiger charge is -2.39. The van der Waals surface area contributed by atoms with Crippen molar-refractivity contribution < 1.29 is 14.3 Å². The number of carbonyl (C=O) groups is 2. The molecule has 1 saturated carbocycles. The van der Waals surface area contributed by atoms with Crippen molar-refractivity contribution in [3.8, 4) is 0 Å². The summed E-state index contributed by atoms with van der Waals surface area (Å²) in [4.78, 5) is 23.6. The van der Waals surface area contributed by atoms with Crippen LogP contribution in [0.2, 0.25) is 0 Å². The van der Waals surface area contributed by atoms with Gasteiger partial charge in [-0.25, -0.2) is 0 Å². The summed E-state index contributed by atoms with van der Waals surface area (Å²) in [6.45, 7) is 9.58. The van der Waals surface area contributed by atoms with Crippen molar-refractivity contribution >= 4 is 11.6 Å². The SMILES string of the molecule is CC(=O)C12OC1C(C)(C)C(C)C(C)C2=O. The van der Waals surface area contributed by atoms with Crippen molar-refractivity contribution in [3.63, 3.8) is 0 Å². The maximum absolute atomic E-state index is 12.1. The number of carbonyl (C=O) groups excluding carboxylic acids is 2. The fraction of sp³-hybridized carbons (Fsp3) is 0.833. The van der Waals surface area contributed by atoms with E-state index in [0.29, 0.717) is 0 Å². The van der Waals surface area contributed by atoms with Crippen LogP contribution >= 0.6 is 0 Å². The fourth-order valence-corrected chi connectivity index (χ4v) is 2.90. The highest BCUT2D eigenvalue weighted by Crippen LogP contribution is 2.58. The molecule has 2 rings (SSSR count). The first-order valence-electron chi connectivity index (χ1n) is 5.49. The Hall–Kier alpha value is -0.700. The van der Waals surface area contributed by atoms with Gasteiger partial charge in [0, 0.05) is 5.92 Å². The summed E-state index contributed by atoms with van der Waals surface area (Å²) in [5.74, 6) is 0.00350. The maximum atomic E-state index is 12.1. The van der Waals surface area contributed by atoms with E-state index in [2.05, 4.69) is 20.8 Å². The van der Waals surface area contributed by atoms with Crippen molar-refractivity contribution in [2.45, 2.75) is 46.3 Å². The molecule has 0 amide bonds. The molecule has 2 aliphatic rings. The Morgan fingerprint density at radius 2 is 1.87 bits per heavy atom. The monoisotopic (exact) mass is 210 g/mol. The first kappa shape index (κ1) is 10.8. The van der Waals surface area contributed by atoms with Crippen molar-refractivity contribution in [2.24, 2.45) is 17.3 Å². The van der Waals surface area contributed by atoms with Crippen molar-refractivity contribution in [1.82, 2.24) is 0 Å². The van der Waals surface area contributed by atoms with E-state index >= 15 is 0 Å². The number of Topliss-reactive ketones (excluding diaryl/α,β-unsaturated/α-hetero) is 2. The number of ether oxygens (including phenoxy) is 1. The minimum atomic E-state index is -1.09. The average Bonchev–Trinajstić information content (AvgIpc) is 2.89. The molecular weight excluding hydrogens is 192 g/mol. The topological polar surface area (TPSA) is 46.7 Å². The number of hydrogen-bond acceptors (Lipinski definition) is 3. The Morgan fingerprint density at radius 3 is 2.33 bits per heavy atom. The lowest BCUT2D eigenvalue weighted by molar-refractivity contribution is -0.139. The van der Waals surface area contributed by atoms with Crippen LogP contribution in [0, 0.1) is 17.3 Å².